The van der Waals surface area contributed by atoms with Crippen LogP contribution in [0.15, 0.2) is 42.7 Å². The molecular formula is C16H20N2. The molecule has 0 saturated heterocycles. The lowest BCUT2D eigenvalue weighted by Gasteiger charge is -2.09. The Morgan fingerprint density at radius 2 is 1.83 bits per heavy atom. The van der Waals surface area contributed by atoms with E-state index in [1.807, 2.05) is 12.4 Å². The lowest BCUT2D eigenvalue weighted by atomic mass is 10.1. The molecule has 0 atom stereocenters. The second kappa shape index (κ2) is 6.31. The standard InChI is InChI=1S/C16H20N2/c1-3-15-6-4-5-7-16(15)12-18-11-14-8-13(2)9-17-10-14/h4-10,18H,3,11-12H2,1-2H3. The molecule has 1 aromatic heterocycles. The molecule has 0 amide bonds. The maximum Gasteiger partial charge on any atom is 0.0313 e. The Labute approximate surface area is 109 Å². The van der Waals surface area contributed by atoms with Crippen LogP contribution < -0.4 is 5.32 Å². The first-order valence-corrected chi connectivity index (χ1v) is 6.47. The summed E-state index contributed by atoms with van der Waals surface area (Å²) in [5, 5.41) is 3.48. The van der Waals surface area contributed by atoms with Gasteiger partial charge in [0.05, 0.1) is 0 Å². The number of aryl methyl sites for hydroxylation is 2. The second-order valence-corrected chi connectivity index (χ2v) is 4.60. The highest BCUT2D eigenvalue weighted by atomic mass is 14.9. The molecule has 1 aromatic carbocycles. The molecule has 2 rings (SSSR count). The lowest BCUT2D eigenvalue weighted by molar-refractivity contribution is 0.686. The minimum atomic E-state index is 0.868. The van der Waals surface area contributed by atoms with E-state index in [-0.39, 0.29) is 0 Å². The highest BCUT2D eigenvalue weighted by Crippen LogP contribution is 2.09. The van der Waals surface area contributed by atoms with E-state index in [0.717, 1.165) is 19.5 Å². The smallest absolute Gasteiger partial charge is 0.0313 e. The largest absolute Gasteiger partial charge is 0.309 e. The van der Waals surface area contributed by atoms with Crippen molar-refractivity contribution in [3.8, 4) is 0 Å². The first-order chi connectivity index (χ1) is 8.79. The van der Waals surface area contributed by atoms with Crippen molar-refractivity contribution < 1.29 is 0 Å². The molecule has 0 aliphatic heterocycles. The van der Waals surface area contributed by atoms with Gasteiger partial charge in [-0.3, -0.25) is 4.98 Å². The van der Waals surface area contributed by atoms with Gasteiger partial charge in [-0.2, -0.15) is 0 Å². The van der Waals surface area contributed by atoms with E-state index < -0.39 is 0 Å². The highest BCUT2D eigenvalue weighted by Gasteiger charge is 1.99. The van der Waals surface area contributed by atoms with Crippen LogP contribution in [0.2, 0.25) is 0 Å². The van der Waals surface area contributed by atoms with Crippen LogP contribution in [0.5, 0.6) is 0 Å². The predicted molar refractivity (Wildman–Crippen MR) is 75.3 cm³/mol. The van der Waals surface area contributed by atoms with Crippen LogP contribution in [0.4, 0.5) is 0 Å². The number of nitrogens with one attached hydrogen (secondary N) is 1. The van der Waals surface area contributed by atoms with Gasteiger partial charge < -0.3 is 5.32 Å². The summed E-state index contributed by atoms with van der Waals surface area (Å²) < 4.78 is 0. The van der Waals surface area contributed by atoms with Gasteiger partial charge in [-0.05, 0) is 35.6 Å². The molecule has 2 aromatic rings. The van der Waals surface area contributed by atoms with Gasteiger partial charge in [0.15, 0.2) is 0 Å². The molecule has 94 valence electrons. The minimum Gasteiger partial charge on any atom is -0.309 e. The first kappa shape index (κ1) is 12.8. The molecular weight excluding hydrogens is 220 g/mol. The first-order valence-electron chi connectivity index (χ1n) is 6.47. The summed E-state index contributed by atoms with van der Waals surface area (Å²) in [4.78, 5) is 4.20. The van der Waals surface area contributed by atoms with Gasteiger partial charge >= 0.3 is 0 Å². The van der Waals surface area contributed by atoms with Gasteiger partial charge in [0, 0.05) is 25.5 Å². The Hall–Kier alpha value is -1.67. The third kappa shape index (κ3) is 3.41. The molecule has 0 saturated carbocycles. The van der Waals surface area contributed by atoms with Crippen LogP contribution in [0.3, 0.4) is 0 Å². The monoisotopic (exact) mass is 240 g/mol. The fourth-order valence-corrected chi connectivity index (χ4v) is 2.13. The maximum absolute atomic E-state index is 4.20. The molecule has 0 spiro atoms. The second-order valence-electron chi connectivity index (χ2n) is 4.60. The zero-order valence-corrected chi connectivity index (χ0v) is 11.1. The quantitative estimate of drug-likeness (QED) is 0.868. The van der Waals surface area contributed by atoms with Crippen molar-refractivity contribution in [1.29, 1.82) is 0 Å². The molecule has 0 aliphatic carbocycles. The fourth-order valence-electron chi connectivity index (χ4n) is 2.13. The van der Waals surface area contributed by atoms with Crippen molar-refractivity contribution in [2.75, 3.05) is 0 Å². The molecule has 18 heavy (non-hydrogen) atoms. The predicted octanol–water partition coefficient (Wildman–Crippen LogP) is 3.24. The molecule has 0 unspecified atom stereocenters. The summed E-state index contributed by atoms with van der Waals surface area (Å²) in [6.07, 6.45) is 4.89. The van der Waals surface area contributed by atoms with Crippen LogP contribution in [0.1, 0.15) is 29.2 Å². The number of benzene rings is 1. The Balaban J connectivity index is 1.92. The molecule has 0 fully saturated rings. The maximum atomic E-state index is 4.20. The van der Waals surface area contributed by atoms with Crippen molar-refractivity contribution >= 4 is 0 Å². The molecule has 1 heterocycles. The van der Waals surface area contributed by atoms with Gasteiger partial charge in [-0.15, -0.1) is 0 Å². The van der Waals surface area contributed by atoms with Gasteiger partial charge in [0.1, 0.15) is 0 Å². The van der Waals surface area contributed by atoms with Crippen molar-refractivity contribution in [2.24, 2.45) is 0 Å². The molecule has 2 nitrogen and oxygen atoms in total. The number of pyridine rings is 1. The van der Waals surface area contributed by atoms with Crippen LogP contribution in [-0.4, -0.2) is 4.98 Å². The molecule has 1 N–H and O–H groups in total. The molecule has 0 radical (unpaired) electrons. The van der Waals surface area contributed by atoms with E-state index in [1.165, 1.54) is 22.3 Å². The van der Waals surface area contributed by atoms with E-state index in [2.05, 4.69) is 54.5 Å². The van der Waals surface area contributed by atoms with Gasteiger partial charge in [0.2, 0.25) is 0 Å². The van der Waals surface area contributed by atoms with Crippen LogP contribution in [0.25, 0.3) is 0 Å². The normalized spacial score (nSPS) is 10.6. The van der Waals surface area contributed by atoms with Crippen molar-refractivity contribution in [3.05, 3.63) is 65.0 Å². The third-order valence-corrected chi connectivity index (χ3v) is 3.08. The lowest BCUT2D eigenvalue weighted by Crippen LogP contribution is -2.14. The molecule has 0 aliphatic rings. The summed E-state index contributed by atoms with van der Waals surface area (Å²) in [7, 11) is 0. The Kier molecular flexibility index (Phi) is 4.48. The van der Waals surface area contributed by atoms with E-state index >= 15 is 0 Å². The summed E-state index contributed by atoms with van der Waals surface area (Å²) in [6, 6.07) is 10.8. The average Bonchev–Trinajstić information content (AvgIpc) is 2.39. The van der Waals surface area contributed by atoms with Gasteiger partial charge in [-0.1, -0.05) is 37.3 Å². The third-order valence-electron chi connectivity index (χ3n) is 3.08. The van der Waals surface area contributed by atoms with E-state index in [0.29, 0.717) is 0 Å². The number of hydrogen-bond donors (Lipinski definition) is 1. The Morgan fingerprint density at radius 3 is 2.56 bits per heavy atom. The fraction of sp³-hybridized carbons (Fsp3) is 0.312. The van der Waals surface area contributed by atoms with Crippen LogP contribution in [-0.2, 0) is 19.5 Å². The summed E-state index contributed by atoms with van der Waals surface area (Å²) in [5.74, 6) is 0. The van der Waals surface area contributed by atoms with Crippen LogP contribution in [0, 0.1) is 6.92 Å². The van der Waals surface area contributed by atoms with Gasteiger partial charge in [0.25, 0.3) is 0 Å². The van der Waals surface area contributed by atoms with Gasteiger partial charge in [-0.25, -0.2) is 0 Å². The number of rotatable bonds is 5. The molecule has 0 bridgehead atoms. The SMILES string of the molecule is CCc1ccccc1CNCc1cncc(C)c1. The Morgan fingerprint density at radius 1 is 1.06 bits per heavy atom. The van der Waals surface area contributed by atoms with Crippen molar-refractivity contribution in [3.63, 3.8) is 0 Å². The zero-order valence-electron chi connectivity index (χ0n) is 11.1. The number of aromatic nitrogens is 1. The molecule has 2 heteroatoms. The van der Waals surface area contributed by atoms with Crippen molar-refractivity contribution in [2.45, 2.75) is 33.4 Å². The van der Waals surface area contributed by atoms with E-state index in [1.54, 1.807) is 0 Å². The van der Waals surface area contributed by atoms with Crippen LogP contribution >= 0.6 is 0 Å². The van der Waals surface area contributed by atoms with E-state index in [9.17, 15) is 0 Å². The highest BCUT2D eigenvalue weighted by molar-refractivity contribution is 5.27. The Bertz CT molecular complexity index is 506. The number of hydrogen-bond acceptors (Lipinski definition) is 2. The zero-order chi connectivity index (χ0) is 12.8. The van der Waals surface area contributed by atoms with Crippen molar-refractivity contribution in [1.82, 2.24) is 10.3 Å². The average molecular weight is 240 g/mol. The summed E-state index contributed by atoms with van der Waals surface area (Å²) >= 11 is 0. The topological polar surface area (TPSA) is 24.9 Å². The minimum absolute atomic E-state index is 0.868. The summed E-state index contributed by atoms with van der Waals surface area (Å²) in [6.45, 7) is 6.05. The van der Waals surface area contributed by atoms with E-state index in [4.69, 9.17) is 0 Å². The number of nitrogens with zero attached hydrogens (tertiary/aromatic N) is 1. The summed E-state index contributed by atoms with van der Waals surface area (Å²) in [5.41, 5.74) is 5.26.